The van der Waals surface area contributed by atoms with Gasteiger partial charge in [-0.15, -0.1) is 0 Å². The Morgan fingerprint density at radius 2 is 1.71 bits per heavy atom. The van der Waals surface area contributed by atoms with Gasteiger partial charge in [-0.2, -0.15) is 0 Å². The van der Waals surface area contributed by atoms with E-state index in [9.17, 15) is 0 Å². The molecule has 0 N–H and O–H groups in total. The summed E-state index contributed by atoms with van der Waals surface area (Å²) in [5.74, 6) is 0.328. The Kier molecular flexibility index (Phi) is 6.89. The standard InChI is InChI=1S/C34H49NO2Si/c1-11-23-14-16-24(17-15-23)31-28-29(34(36-31)18-12-13-19-34)27-25(35-30(28)22(2)3)20-33(7,8)21-26(27)37-38(9,10)32(4,5)6/h11,14-17,22,26,31H,1,12-13,18-21H2,2-10H3. The van der Waals surface area contributed by atoms with E-state index >= 15 is 0 Å². The normalized spacial score (nSPS) is 24.1. The second kappa shape index (κ2) is 9.42. The van der Waals surface area contributed by atoms with Crippen LogP contribution in [0, 0.1) is 5.41 Å². The molecular formula is C34H49NO2Si. The van der Waals surface area contributed by atoms with Crippen molar-refractivity contribution in [2.75, 3.05) is 0 Å². The molecule has 2 heterocycles. The van der Waals surface area contributed by atoms with Crippen LogP contribution in [-0.4, -0.2) is 13.3 Å². The number of benzene rings is 1. The van der Waals surface area contributed by atoms with E-state index in [4.69, 9.17) is 14.1 Å². The molecule has 2 aromatic rings. The van der Waals surface area contributed by atoms with Crippen LogP contribution in [0.3, 0.4) is 0 Å². The first-order chi connectivity index (χ1) is 17.7. The Balaban J connectivity index is 1.77. The Bertz CT molecular complexity index is 1210. The van der Waals surface area contributed by atoms with Crippen molar-refractivity contribution in [2.45, 2.75) is 129 Å². The van der Waals surface area contributed by atoms with Crippen LogP contribution in [0.15, 0.2) is 30.8 Å². The van der Waals surface area contributed by atoms with E-state index in [2.05, 4.69) is 92.4 Å². The van der Waals surface area contributed by atoms with Crippen molar-refractivity contribution in [3.05, 3.63) is 70.0 Å². The van der Waals surface area contributed by atoms with Crippen LogP contribution >= 0.6 is 0 Å². The van der Waals surface area contributed by atoms with E-state index in [1.165, 1.54) is 46.5 Å². The van der Waals surface area contributed by atoms with Crippen LogP contribution in [0.4, 0.5) is 0 Å². The predicted octanol–water partition coefficient (Wildman–Crippen LogP) is 9.77. The summed E-state index contributed by atoms with van der Waals surface area (Å²) in [6, 6.07) is 8.79. The second-order valence-corrected chi connectivity index (χ2v) is 19.5. The van der Waals surface area contributed by atoms with E-state index in [1.807, 2.05) is 6.08 Å². The molecule has 1 fully saturated rings. The average Bonchev–Trinajstić information content (AvgIpc) is 3.42. The highest BCUT2D eigenvalue weighted by atomic mass is 28.4. The number of pyridine rings is 1. The molecule has 1 saturated carbocycles. The summed E-state index contributed by atoms with van der Waals surface area (Å²) in [7, 11) is -2.01. The topological polar surface area (TPSA) is 31.4 Å². The molecular weight excluding hydrogens is 482 g/mol. The van der Waals surface area contributed by atoms with Crippen molar-refractivity contribution in [3.8, 4) is 0 Å². The minimum absolute atomic E-state index is 0.0695. The van der Waals surface area contributed by atoms with Gasteiger partial charge in [0, 0.05) is 22.5 Å². The zero-order valence-electron chi connectivity index (χ0n) is 25.3. The Morgan fingerprint density at radius 3 is 2.26 bits per heavy atom. The van der Waals surface area contributed by atoms with Gasteiger partial charge in [0.15, 0.2) is 8.32 Å². The number of ether oxygens (including phenoxy) is 1. The van der Waals surface area contributed by atoms with Crippen LogP contribution in [-0.2, 0) is 21.2 Å². The van der Waals surface area contributed by atoms with Gasteiger partial charge in [0.2, 0.25) is 0 Å². The highest BCUT2D eigenvalue weighted by Gasteiger charge is 2.54. The molecule has 0 saturated heterocycles. The lowest BCUT2D eigenvalue weighted by Crippen LogP contribution is -2.44. The molecule has 3 nitrogen and oxygen atoms in total. The van der Waals surface area contributed by atoms with Gasteiger partial charge in [-0.25, -0.2) is 0 Å². The predicted molar refractivity (Wildman–Crippen MR) is 161 cm³/mol. The lowest BCUT2D eigenvalue weighted by atomic mass is 9.70. The van der Waals surface area contributed by atoms with Gasteiger partial charge in [-0.3, -0.25) is 4.98 Å². The first-order valence-corrected chi connectivity index (χ1v) is 17.7. The van der Waals surface area contributed by atoms with Gasteiger partial charge in [0.25, 0.3) is 0 Å². The smallest absolute Gasteiger partial charge is 0.192 e. The van der Waals surface area contributed by atoms with Gasteiger partial charge in [0.1, 0.15) is 6.10 Å². The number of fused-ring (bicyclic) bond motifs is 4. The number of nitrogens with zero attached hydrogens (tertiary/aromatic N) is 1. The number of hydrogen-bond donors (Lipinski definition) is 0. The molecule has 1 aliphatic heterocycles. The van der Waals surface area contributed by atoms with Crippen LogP contribution in [0.1, 0.15) is 138 Å². The second-order valence-electron chi connectivity index (χ2n) is 14.8. The van der Waals surface area contributed by atoms with E-state index in [-0.39, 0.29) is 28.3 Å². The number of rotatable bonds is 5. The van der Waals surface area contributed by atoms with E-state index < -0.39 is 8.32 Å². The van der Waals surface area contributed by atoms with Gasteiger partial charge in [0.05, 0.1) is 11.7 Å². The minimum Gasteiger partial charge on any atom is -0.410 e. The van der Waals surface area contributed by atoms with Gasteiger partial charge < -0.3 is 9.16 Å². The average molecular weight is 532 g/mol. The van der Waals surface area contributed by atoms with Crippen molar-refractivity contribution in [2.24, 2.45) is 5.41 Å². The van der Waals surface area contributed by atoms with Gasteiger partial charge >= 0.3 is 0 Å². The molecule has 1 aromatic carbocycles. The Morgan fingerprint density at radius 1 is 1.08 bits per heavy atom. The molecule has 2 unspecified atom stereocenters. The van der Waals surface area contributed by atoms with Crippen LogP contribution < -0.4 is 0 Å². The fourth-order valence-corrected chi connectivity index (χ4v) is 8.09. The summed E-state index contributed by atoms with van der Waals surface area (Å²) >= 11 is 0. The Hall–Kier alpha value is -1.75. The quantitative estimate of drug-likeness (QED) is 0.360. The van der Waals surface area contributed by atoms with Crippen LogP contribution in [0.5, 0.6) is 0 Å². The maximum absolute atomic E-state index is 7.34. The van der Waals surface area contributed by atoms with Gasteiger partial charge in [-0.05, 0) is 71.8 Å². The lowest BCUT2D eigenvalue weighted by Gasteiger charge is -2.45. The zero-order valence-corrected chi connectivity index (χ0v) is 26.3. The molecule has 1 spiro atoms. The zero-order chi connectivity index (χ0) is 27.7. The van der Waals surface area contributed by atoms with E-state index in [1.54, 1.807) is 0 Å². The SMILES string of the molecule is C=Cc1ccc(C2OC3(CCCC3)c3c4c(nc(C(C)C)c32)CC(C)(C)CC4O[Si](C)(C)C(C)(C)C)cc1. The Labute approximate surface area is 232 Å². The molecule has 0 amide bonds. The highest BCUT2D eigenvalue weighted by molar-refractivity contribution is 6.74. The minimum atomic E-state index is -2.01. The molecule has 5 rings (SSSR count). The van der Waals surface area contributed by atoms with Crippen molar-refractivity contribution in [3.63, 3.8) is 0 Å². The summed E-state index contributed by atoms with van der Waals surface area (Å²) in [4.78, 5) is 5.53. The molecule has 2 aliphatic carbocycles. The highest BCUT2D eigenvalue weighted by Crippen LogP contribution is 2.60. The fraction of sp³-hybridized carbons (Fsp3) is 0.618. The van der Waals surface area contributed by atoms with Crippen LogP contribution in [0.2, 0.25) is 18.1 Å². The summed E-state index contributed by atoms with van der Waals surface area (Å²) in [6.07, 6.45) is 8.55. The third-order valence-corrected chi connectivity index (χ3v) is 14.3. The summed E-state index contributed by atoms with van der Waals surface area (Å²) in [6.45, 7) is 25.2. The maximum atomic E-state index is 7.34. The molecule has 206 valence electrons. The molecule has 1 aromatic heterocycles. The summed E-state index contributed by atoms with van der Waals surface area (Å²) < 4.78 is 14.6. The van der Waals surface area contributed by atoms with Crippen molar-refractivity contribution >= 4 is 14.4 Å². The molecule has 2 atom stereocenters. The first-order valence-electron chi connectivity index (χ1n) is 14.8. The van der Waals surface area contributed by atoms with Crippen molar-refractivity contribution in [1.82, 2.24) is 4.98 Å². The van der Waals surface area contributed by atoms with Crippen molar-refractivity contribution in [1.29, 1.82) is 0 Å². The van der Waals surface area contributed by atoms with E-state index in [0.717, 1.165) is 31.2 Å². The molecule has 0 bridgehead atoms. The van der Waals surface area contributed by atoms with Crippen molar-refractivity contribution < 1.29 is 9.16 Å². The molecule has 0 radical (unpaired) electrons. The largest absolute Gasteiger partial charge is 0.410 e. The number of hydrogen-bond acceptors (Lipinski definition) is 3. The third kappa shape index (κ3) is 4.65. The van der Waals surface area contributed by atoms with Gasteiger partial charge in [-0.1, -0.05) is 98.2 Å². The van der Waals surface area contributed by atoms with Crippen LogP contribution in [0.25, 0.3) is 6.08 Å². The summed E-state index contributed by atoms with van der Waals surface area (Å²) in [5, 5.41) is 0.153. The number of aromatic nitrogens is 1. The maximum Gasteiger partial charge on any atom is 0.192 e. The monoisotopic (exact) mass is 531 g/mol. The lowest BCUT2D eigenvalue weighted by molar-refractivity contribution is -0.0579. The fourth-order valence-electron chi connectivity index (χ4n) is 6.82. The first kappa shape index (κ1) is 27.8. The molecule has 4 heteroatoms. The third-order valence-electron chi connectivity index (χ3n) is 9.82. The van der Waals surface area contributed by atoms with E-state index in [0.29, 0.717) is 5.92 Å². The summed E-state index contributed by atoms with van der Waals surface area (Å²) in [5.41, 5.74) is 8.97. The molecule has 3 aliphatic rings. The molecule has 38 heavy (non-hydrogen) atoms.